The number of carbonyl (C=O) groups is 1. The highest BCUT2D eigenvalue weighted by Crippen LogP contribution is 2.27. The van der Waals surface area contributed by atoms with Crippen molar-refractivity contribution in [3.8, 4) is 11.5 Å². The van der Waals surface area contributed by atoms with Gasteiger partial charge in [0.2, 0.25) is 11.8 Å². The van der Waals surface area contributed by atoms with Crippen LogP contribution in [-0.2, 0) is 4.79 Å². The Morgan fingerprint density at radius 1 is 1.16 bits per heavy atom. The zero-order valence-electron chi connectivity index (χ0n) is 12.5. The smallest absolute Gasteiger partial charge is 0.277 e. The standard InChI is InChI=1S/C16H10Cl2IN3O2S/c17-10-3-6-12(18)13(7-10)20-14(23)8-25-16-22-21-15(24-16)9-1-4-11(19)5-2-9/h1-7H,8H2,(H,20,23). The van der Waals surface area contributed by atoms with Crippen LogP contribution in [0.2, 0.25) is 10.0 Å². The van der Waals surface area contributed by atoms with E-state index < -0.39 is 0 Å². The third-order valence-electron chi connectivity index (χ3n) is 3.03. The van der Waals surface area contributed by atoms with Gasteiger partial charge in [0.15, 0.2) is 0 Å². The summed E-state index contributed by atoms with van der Waals surface area (Å²) in [5.41, 5.74) is 1.29. The Labute approximate surface area is 171 Å². The minimum Gasteiger partial charge on any atom is -0.411 e. The molecule has 0 unspecified atom stereocenters. The second-order valence-corrected chi connectivity index (χ2v) is 7.86. The molecule has 1 heterocycles. The highest BCUT2D eigenvalue weighted by molar-refractivity contribution is 14.1. The molecule has 1 N–H and O–H groups in total. The van der Waals surface area contributed by atoms with Crippen molar-refractivity contribution in [3.05, 3.63) is 56.1 Å². The first kappa shape index (κ1) is 18.5. The first-order valence-electron chi connectivity index (χ1n) is 6.98. The number of rotatable bonds is 5. The third kappa shape index (κ3) is 5.10. The molecule has 9 heteroatoms. The van der Waals surface area contributed by atoms with Gasteiger partial charge in [0, 0.05) is 14.2 Å². The minimum absolute atomic E-state index is 0.108. The second-order valence-electron chi connectivity index (χ2n) is 4.84. The molecule has 128 valence electrons. The van der Waals surface area contributed by atoms with Crippen LogP contribution < -0.4 is 5.32 Å². The Hall–Kier alpha value is -1.29. The van der Waals surface area contributed by atoms with Crippen LogP contribution in [0, 0.1) is 3.57 Å². The van der Waals surface area contributed by atoms with Crippen molar-refractivity contribution in [1.29, 1.82) is 0 Å². The molecular formula is C16H10Cl2IN3O2S. The predicted octanol–water partition coefficient (Wildman–Crippen LogP) is 5.38. The lowest BCUT2D eigenvalue weighted by Crippen LogP contribution is -2.14. The van der Waals surface area contributed by atoms with Gasteiger partial charge >= 0.3 is 0 Å². The summed E-state index contributed by atoms with van der Waals surface area (Å²) in [6.45, 7) is 0. The number of amides is 1. The maximum atomic E-state index is 12.0. The zero-order chi connectivity index (χ0) is 17.8. The van der Waals surface area contributed by atoms with Gasteiger partial charge in [-0.05, 0) is 65.1 Å². The SMILES string of the molecule is O=C(CSc1nnc(-c2ccc(I)cc2)o1)Nc1cc(Cl)ccc1Cl. The maximum absolute atomic E-state index is 12.0. The van der Waals surface area contributed by atoms with Gasteiger partial charge in [0.25, 0.3) is 5.22 Å². The normalized spacial score (nSPS) is 10.7. The Morgan fingerprint density at radius 2 is 1.92 bits per heavy atom. The minimum atomic E-state index is -0.247. The Morgan fingerprint density at radius 3 is 2.68 bits per heavy atom. The molecule has 0 atom stereocenters. The second kappa shape index (κ2) is 8.39. The van der Waals surface area contributed by atoms with Gasteiger partial charge < -0.3 is 9.73 Å². The van der Waals surface area contributed by atoms with Crippen LogP contribution in [0.1, 0.15) is 0 Å². The van der Waals surface area contributed by atoms with Crippen molar-refractivity contribution in [2.75, 3.05) is 11.1 Å². The Kier molecular flexibility index (Phi) is 6.21. The summed E-state index contributed by atoms with van der Waals surface area (Å²) < 4.78 is 6.68. The predicted molar refractivity (Wildman–Crippen MR) is 108 cm³/mol. The summed E-state index contributed by atoms with van der Waals surface area (Å²) >= 11 is 15.3. The largest absolute Gasteiger partial charge is 0.411 e. The van der Waals surface area contributed by atoms with Gasteiger partial charge in [0.05, 0.1) is 16.5 Å². The van der Waals surface area contributed by atoms with E-state index in [4.69, 9.17) is 27.6 Å². The topological polar surface area (TPSA) is 68.0 Å². The number of carbonyl (C=O) groups excluding carboxylic acids is 1. The van der Waals surface area contributed by atoms with Gasteiger partial charge in [-0.25, -0.2) is 0 Å². The van der Waals surface area contributed by atoms with Crippen LogP contribution in [-0.4, -0.2) is 21.9 Å². The van der Waals surface area contributed by atoms with E-state index in [1.165, 1.54) is 0 Å². The molecule has 0 saturated heterocycles. The number of hydrogen-bond acceptors (Lipinski definition) is 5. The van der Waals surface area contributed by atoms with Gasteiger partial charge in [-0.1, -0.05) is 35.0 Å². The molecule has 0 aliphatic rings. The molecule has 1 aromatic heterocycles. The summed E-state index contributed by atoms with van der Waals surface area (Å²) in [5.74, 6) is 0.275. The molecule has 0 aliphatic heterocycles. The summed E-state index contributed by atoms with van der Waals surface area (Å²) in [6, 6.07) is 12.6. The van der Waals surface area contributed by atoms with Crippen LogP contribution >= 0.6 is 57.6 Å². The first-order chi connectivity index (χ1) is 12.0. The lowest BCUT2D eigenvalue weighted by Gasteiger charge is -2.06. The highest BCUT2D eigenvalue weighted by Gasteiger charge is 2.12. The van der Waals surface area contributed by atoms with E-state index in [0.29, 0.717) is 26.8 Å². The molecule has 3 rings (SSSR count). The average Bonchev–Trinajstić information content (AvgIpc) is 3.06. The molecular weight excluding hydrogens is 496 g/mol. The van der Waals surface area contributed by atoms with E-state index in [-0.39, 0.29) is 11.7 Å². The molecule has 0 spiro atoms. The van der Waals surface area contributed by atoms with E-state index in [2.05, 4.69) is 38.1 Å². The van der Waals surface area contributed by atoms with Crippen molar-refractivity contribution in [1.82, 2.24) is 10.2 Å². The Bertz CT molecular complexity index is 903. The lowest BCUT2D eigenvalue weighted by molar-refractivity contribution is -0.113. The molecule has 0 aliphatic carbocycles. The van der Waals surface area contributed by atoms with Gasteiger partial charge in [-0.3, -0.25) is 4.79 Å². The fourth-order valence-corrected chi connectivity index (χ4v) is 3.14. The first-order valence-corrected chi connectivity index (χ1v) is 9.80. The quantitative estimate of drug-likeness (QED) is 0.372. The molecule has 0 fully saturated rings. The van der Waals surface area contributed by atoms with E-state index in [1.807, 2.05) is 24.3 Å². The number of nitrogens with one attached hydrogen (secondary N) is 1. The molecule has 0 radical (unpaired) electrons. The number of benzene rings is 2. The van der Waals surface area contributed by atoms with Crippen molar-refractivity contribution < 1.29 is 9.21 Å². The third-order valence-corrected chi connectivity index (χ3v) is 5.13. The molecule has 5 nitrogen and oxygen atoms in total. The van der Waals surface area contributed by atoms with Crippen LogP contribution in [0.15, 0.2) is 52.1 Å². The summed E-state index contributed by atoms with van der Waals surface area (Å²) in [6.07, 6.45) is 0. The van der Waals surface area contributed by atoms with Crippen molar-refractivity contribution >= 4 is 69.1 Å². The molecule has 2 aromatic carbocycles. The van der Waals surface area contributed by atoms with Crippen LogP contribution in [0.4, 0.5) is 5.69 Å². The Balaban J connectivity index is 1.59. The summed E-state index contributed by atoms with van der Waals surface area (Å²) in [7, 11) is 0. The molecule has 1 amide bonds. The zero-order valence-corrected chi connectivity index (χ0v) is 17.0. The monoisotopic (exact) mass is 505 g/mol. The number of hydrogen-bond donors (Lipinski definition) is 1. The molecule has 0 saturated carbocycles. The van der Waals surface area contributed by atoms with Gasteiger partial charge in [-0.15, -0.1) is 10.2 Å². The summed E-state index contributed by atoms with van der Waals surface area (Å²) in [5, 5.41) is 11.9. The number of aromatic nitrogens is 2. The van der Waals surface area contributed by atoms with Gasteiger partial charge in [-0.2, -0.15) is 0 Å². The van der Waals surface area contributed by atoms with E-state index in [1.54, 1.807) is 18.2 Å². The molecule has 0 bridgehead atoms. The number of anilines is 1. The van der Waals surface area contributed by atoms with E-state index >= 15 is 0 Å². The maximum Gasteiger partial charge on any atom is 0.277 e. The van der Waals surface area contributed by atoms with Crippen LogP contribution in [0.5, 0.6) is 0 Å². The van der Waals surface area contributed by atoms with Crippen molar-refractivity contribution in [2.24, 2.45) is 0 Å². The highest BCUT2D eigenvalue weighted by atomic mass is 127. The number of thioether (sulfide) groups is 1. The van der Waals surface area contributed by atoms with Gasteiger partial charge in [0.1, 0.15) is 0 Å². The summed E-state index contributed by atoms with van der Waals surface area (Å²) in [4.78, 5) is 12.0. The van der Waals surface area contributed by atoms with E-state index in [9.17, 15) is 4.79 Å². The average molecular weight is 506 g/mol. The van der Waals surface area contributed by atoms with Crippen LogP contribution in [0.25, 0.3) is 11.5 Å². The fraction of sp³-hybridized carbons (Fsp3) is 0.0625. The van der Waals surface area contributed by atoms with Crippen LogP contribution in [0.3, 0.4) is 0 Å². The van der Waals surface area contributed by atoms with Crippen molar-refractivity contribution in [3.63, 3.8) is 0 Å². The molecule has 3 aromatic rings. The number of nitrogens with zero attached hydrogens (tertiary/aromatic N) is 2. The lowest BCUT2D eigenvalue weighted by atomic mass is 10.2. The molecule has 25 heavy (non-hydrogen) atoms. The number of halogens is 3. The van der Waals surface area contributed by atoms with E-state index in [0.717, 1.165) is 20.9 Å². The van der Waals surface area contributed by atoms with Crippen molar-refractivity contribution in [2.45, 2.75) is 5.22 Å². The fourth-order valence-electron chi connectivity index (χ4n) is 1.88.